The first kappa shape index (κ1) is 14.9. The molecule has 1 amide bonds. The summed E-state index contributed by atoms with van der Waals surface area (Å²) < 4.78 is 5.79. The van der Waals surface area contributed by atoms with Crippen LogP contribution >= 0.6 is 0 Å². The van der Waals surface area contributed by atoms with Crippen molar-refractivity contribution in [2.75, 3.05) is 13.1 Å². The Hall–Kier alpha value is -1.51. The summed E-state index contributed by atoms with van der Waals surface area (Å²) in [7, 11) is 0. The van der Waals surface area contributed by atoms with Crippen LogP contribution in [-0.4, -0.2) is 30.0 Å². The highest BCUT2D eigenvalue weighted by atomic mass is 16.5. The summed E-state index contributed by atoms with van der Waals surface area (Å²) in [4.78, 5) is 14.4. The molecule has 0 radical (unpaired) electrons. The molecule has 0 aliphatic carbocycles. The Balaban J connectivity index is 1.98. The molecule has 3 nitrogen and oxygen atoms in total. The number of aryl methyl sites for hydroxylation is 1. The second-order valence-electron chi connectivity index (χ2n) is 6.27. The van der Waals surface area contributed by atoms with E-state index in [0.717, 1.165) is 24.4 Å². The van der Waals surface area contributed by atoms with Gasteiger partial charge in [0.05, 0.1) is 0 Å². The normalized spacial score (nSPS) is 24.3. The van der Waals surface area contributed by atoms with Gasteiger partial charge in [0.25, 0.3) is 5.91 Å². The van der Waals surface area contributed by atoms with Crippen molar-refractivity contribution in [3.8, 4) is 5.75 Å². The van der Waals surface area contributed by atoms with Crippen molar-refractivity contribution in [2.24, 2.45) is 11.8 Å². The minimum Gasteiger partial charge on any atom is -0.481 e. The van der Waals surface area contributed by atoms with Gasteiger partial charge >= 0.3 is 0 Å². The van der Waals surface area contributed by atoms with Crippen molar-refractivity contribution in [3.63, 3.8) is 0 Å². The van der Waals surface area contributed by atoms with E-state index in [1.165, 1.54) is 6.42 Å². The maximum atomic E-state index is 12.5. The van der Waals surface area contributed by atoms with Gasteiger partial charge in [0.1, 0.15) is 5.75 Å². The average molecular weight is 275 g/mol. The molecule has 1 saturated heterocycles. The largest absolute Gasteiger partial charge is 0.481 e. The first-order chi connectivity index (χ1) is 9.45. The fourth-order valence-corrected chi connectivity index (χ4v) is 3.04. The van der Waals surface area contributed by atoms with Crippen molar-refractivity contribution in [1.29, 1.82) is 0 Å². The number of nitrogens with zero attached hydrogens (tertiary/aromatic N) is 1. The van der Waals surface area contributed by atoms with E-state index in [1.807, 2.05) is 43.0 Å². The minimum atomic E-state index is -0.422. The Bertz CT molecular complexity index is 462. The van der Waals surface area contributed by atoms with Crippen LogP contribution in [0.4, 0.5) is 0 Å². The smallest absolute Gasteiger partial charge is 0.263 e. The predicted octanol–water partition coefficient (Wildman–Crippen LogP) is 3.27. The predicted molar refractivity (Wildman–Crippen MR) is 80.8 cm³/mol. The maximum Gasteiger partial charge on any atom is 0.263 e. The lowest BCUT2D eigenvalue weighted by atomic mass is 9.91. The van der Waals surface area contributed by atoms with Crippen molar-refractivity contribution in [1.82, 2.24) is 4.90 Å². The maximum absolute atomic E-state index is 12.5. The Kier molecular flexibility index (Phi) is 4.69. The zero-order chi connectivity index (χ0) is 14.7. The van der Waals surface area contributed by atoms with Crippen LogP contribution in [0.15, 0.2) is 24.3 Å². The third-order valence-corrected chi connectivity index (χ3v) is 3.83. The van der Waals surface area contributed by atoms with Crippen LogP contribution in [0, 0.1) is 18.8 Å². The van der Waals surface area contributed by atoms with Crippen LogP contribution in [0.1, 0.15) is 32.8 Å². The first-order valence-electron chi connectivity index (χ1n) is 7.48. The van der Waals surface area contributed by atoms with Crippen LogP contribution in [0.3, 0.4) is 0 Å². The third-order valence-electron chi connectivity index (χ3n) is 3.83. The summed E-state index contributed by atoms with van der Waals surface area (Å²) in [6.07, 6.45) is 0.783. The number of amides is 1. The van der Waals surface area contributed by atoms with Crippen LogP contribution < -0.4 is 4.74 Å². The molecule has 0 bridgehead atoms. The highest BCUT2D eigenvalue weighted by Gasteiger charge is 2.29. The summed E-state index contributed by atoms with van der Waals surface area (Å²) in [5.41, 5.74) is 1.14. The van der Waals surface area contributed by atoms with Crippen LogP contribution in [0.2, 0.25) is 0 Å². The molecule has 3 heteroatoms. The Morgan fingerprint density at radius 3 is 2.55 bits per heavy atom. The first-order valence-corrected chi connectivity index (χ1v) is 7.48. The van der Waals surface area contributed by atoms with E-state index in [2.05, 4.69) is 13.8 Å². The Morgan fingerprint density at radius 2 is 1.95 bits per heavy atom. The molecule has 0 saturated carbocycles. The lowest BCUT2D eigenvalue weighted by Crippen LogP contribution is -2.47. The Morgan fingerprint density at radius 1 is 1.30 bits per heavy atom. The molecule has 1 aromatic rings. The van der Waals surface area contributed by atoms with Crippen molar-refractivity contribution >= 4 is 5.91 Å². The van der Waals surface area contributed by atoms with Gasteiger partial charge < -0.3 is 9.64 Å². The SMILES string of the molecule is Cc1cccc(O[C@H](C)C(=O)N2C[C@H](C)C[C@H](C)C2)c1. The molecule has 20 heavy (non-hydrogen) atoms. The molecule has 0 aromatic heterocycles. The molecule has 3 atom stereocenters. The minimum absolute atomic E-state index is 0.102. The summed E-state index contributed by atoms with van der Waals surface area (Å²) in [6.45, 7) is 9.99. The number of likely N-dealkylation sites (tertiary alicyclic amines) is 1. The molecule has 2 rings (SSSR count). The number of rotatable bonds is 3. The average Bonchev–Trinajstić information content (AvgIpc) is 2.36. The number of ether oxygens (including phenoxy) is 1. The molecule has 0 spiro atoms. The van der Waals surface area contributed by atoms with Gasteiger partial charge in [-0.1, -0.05) is 26.0 Å². The zero-order valence-electron chi connectivity index (χ0n) is 12.9. The van der Waals surface area contributed by atoms with E-state index in [9.17, 15) is 4.79 Å². The molecular weight excluding hydrogens is 250 g/mol. The summed E-state index contributed by atoms with van der Waals surface area (Å²) in [5, 5.41) is 0. The third kappa shape index (κ3) is 3.75. The zero-order valence-corrected chi connectivity index (χ0v) is 12.9. The van der Waals surface area contributed by atoms with Crippen molar-refractivity contribution in [3.05, 3.63) is 29.8 Å². The Labute approximate surface area is 121 Å². The number of carbonyl (C=O) groups is 1. The molecule has 1 fully saturated rings. The van der Waals surface area contributed by atoms with Crippen LogP contribution in [0.25, 0.3) is 0 Å². The molecule has 1 heterocycles. The summed E-state index contributed by atoms with van der Waals surface area (Å²) in [6, 6.07) is 7.84. The summed E-state index contributed by atoms with van der Waals surface area (Å²) in [5.74, 6) is 2.02. The lowest BCUT2D eigenvalue weighted by Gasteiger charge is -2.36. The van der Waals surface area contributed by atoms with Gasteiger partial charge in [-0.3, -0.25) is 4.79 Å². The van der Waals surface area contributed by atoms with Crippen molar-refractivity contribution < 1.29 is 9.53 Å². The standard InChI is InChI=1S/C17H25NO2/c1-12-6-5-7-16(9-12)20-15(4)17(19)18-10-13(2)8-14(3)11-18/h5-7,9,13-15H,8,10-11H2,1-4H3/t13-,14+,15-/m1/s1. The van der Waals surface area contributed by atoms with Gasteiger partial charge in [0, 0.05) is 13.1 Å². The van der Waals surface area contributed by atoms with Crippen LogP contribution in [0.5, 0.6) is 5.75 Å². The van der Waals surface area contributed by atoms with Gasteiger partial charge in [-0.25, -0.2) is 0 Å². The molecule has 110 valence electrons. The number of carbonyl (C=O) groups excluding carboxylic acids is 1. The summed E-state index contributed by atoms with van der Waals surface area (Å²) >= 11 is 0. The monoisotopic (exact) mass is 275 g/mol. The fourth-order valence-electron chi connectivity index (χ4n) is 3.04. The second kappa shape index (κ2) is 6.29. The van der Waals surface area contributed by atoms with E-state index in [-0.39, 0.29) is 5.91 Å². The lowest BCUT2D eigenvalue weighted by molar-refractivity contribution is -0.140. The molecular formula is C17H25NO2. The quantitative estimate of drug-likeness (QED) is 0.847. The molecule has 1 aromatic carbocycles. The highest BCUT2D eigenvalue weighted by Crippen LogP contribution is 2.22. The van der Waals surface area contributed by atoms with Gasteiger partial charge in [-0.2, -0.15) is 0 Å². The van der Waals surface area contributed by atoms with E-state index < -0.39 is 6.10 Å². The number of hydrogen-bond acceptors (Lipinski definition) is 2. The number of benzene rings is 1. The number of piperidine rings is 1. The van der Waals surface area contributed by atoms with Crippen molar-refractivity contribution in [2.45, 2.75) is 40.2 Å². The van der Waals surface area contributed by atoms with E-state index in [4.69, 9.17) is 4.74 Å². The van der Waals surface area contributed by atoms with E-state index in [1.54, 1.807) is 0 Å². The number of hydrogen-bond donors (Lipinski definition) is 0. The van der Waals surface area contributed by atoms with Gasteiger partial charge in [-0.15, -0.1) is 0 Å². The topological polar surface area (TPSA) is 29.5 Å². The van der Waals surface area contributed by atoms with Gasteiger partial charge in [0.15, 0.2) is 6.10 Å². The fraction of sp³-hybridized carbons (Fsp3) is 0.588. The second-order valence-corrected chi connectivity index (χ2v) is 6.27. The molecule has 1 aliphatic heterocycles. The van der Waals surface area contributed by atoms with Gasteiger partial charge in [0.2, 0.25) is 0 Å². The molecule has 1 aliphatic rings. The molecule has 0 unspecified atom stereocenters. The van der Waals surface area contributed by atoms with Gasteiger partial charge in [-0.05, 0) is 49.8 Å². The molecule has 0 N–H and O–H groups in total. The van der Waals surface area contributed by atoms with E-state index in [0.29, 0.717) is 11.8 Å². The van der Waals surface area contributed by atoms with E-state index >= 15 is 0 Å². The highest BCUT2D eigenvalue weighted by molar-refractivity contribution is 5.81. The van der Waals surface area contributed by atoms with Crippen LogP contribution in [-0.2, 0) is 4.79 Å².